The quantitative estimate of drug-likeness (QED) is 0.532. The first-order valence-electron chi connectivity index (χ1n) is 10.0. The van der Waals surface area contributed by atoms with Gasteiger partial charge in [-0.05, 0) is 38.1 Å². The van der Waals surface area contributed by atoms with Crippen molar-refractivity contribution in [2.45, 2.75) is 25.9 Å². The highest BCUT2D eigenvalue weighted by Gasteiger charge is 2.22. The molecule has 2 N–H and O–H groups in total. The molecule has 1 fully saturated rings. The number of aromatic hydroxyl groups is 1. The van der Waals surface area contributed by atoms with Crippen LogP contribution in [0, 0.1) is 5.82 Å². The van der Waals surface area contributed by atoms with Crippen molar-refractivity contribution in [1.29, 1.82) is 0 Å². The van der Waals surface area contributed by atoms with Crippen LogP contribution in [0.3, 0.4) is 0 Å². The van der Waals surface area contributed by atoms with Crippen molar-refractivity contribution in [3.8, 4) is 17.0 Å². The lowest BCUT2D eigenvalue weighted by Gasteiger charge is -2.37. The average molecular weight is 406 g/mol. The number of halogens is 1. The summed E-state index contributed by atoms with van der Waals surface area (Å²) in [6.07, 6.45) is 3.54. The molecule has 1 aliphatic rings. The van der Waals surface area contributed by atoms with E-state index in [1.165, 1.54) is 4.68 Å². The van der Waals surface area contributed by atoms with Gasteiger partial charge in [-0.3, -0.25) is 4.68 Å². The van der Waals surface area contributed by atoms with Gasteiger partial charge in [-0.1, -0.05) is 0 Å². The molecule has 3 aromatic heterocycles. The standard InChI is InChI=1S/C22H23FN6O/c1-12-9-29(10-13(2)25-12)16-6-14-4-5-18(26-22(14)24-8-16)17-7-15-11-28(3)27-20(15)19(23)21(17)30/h4-8,11-13,25,30H,9-10H2,1-3H3. The summed E-state index contributed by atoms with van der Waals surface area (Å²) in [4.78, 5) is 11.5. The number of benzene rings is 1. The Morgan fingerprint density at radius 2 is 1.90 bits per heavy atom. The van der Waals surface area contributed by atoms with Gasteiger partial charge in [0.05, 0.1) is 17.6 Å². The molecule has 2 atom stereocenters. The van der Waals surface area contributed by atoms with E-state index in [1.807, 2.05) is 12.3 Å². The first kappa shape index (κ1) is 18.7. The molecule has 1 aliphatic heterocycles. The minimum absolute atomic E-state index is 0.141. The third kappa shape index (κ3) is 3.13. The maximum Gasteiger partial charge on any atom is 0.193 e. The Labute approximate surface area is 173 Å². The van der Waals surface area contributed by atoms with Gasteiger partial charge in [0.15, 0.2) is 17.2 Å². The number of hydrogen-bond donors (Lipinski definition) is 2. The maximum atomic E-state index is 14.6. The first-order valence-corrected chi connectivity index (χ1v) is 10.0. The predicted octanol–water partition coefficient (Wildman–Crippen LogP) is 3.21. The maximum absolute atomic E-state index is 14.6. The lowest BCUT2D eigenvalue weighted by molar-refractivity contribution is 0.407. The van der Waals surface area contributed by atoms with Gasteiger partial charge in [0.25, 0.3) is 0 Å². The number of phenols is 1. The Balaban J connectivity index is 1.55. The number of aromatic nitrogens is 4. The fraction of sp³-hybridized carbons (Fsp3) is 0.318. The van der Waals surface area contributed by atoms with E-state index in [2.05, 4.69) is 45.2 Å². The van der Waals surface area contributed by atoms with Crippen LogP contribution in [0.5, 0.6) is 5.75 Å². The van der Waals surface area contributed by atoms with Crippen LogP contribution >= 0.6 is 0 Å². The second-order valence-electron chi connectivity index (χ2n) is 8.14. The van der Waals surface area contributed by atoms with Crippen LogP contribution in [0.2, 0.25) is 0 Å². The third-order valence-electron chi connectivity index (χ3n) is 5.55. The molecule has 0 radical (unpaired) electrons. The van der Waals surface area contributed by atoms with Gasteiger partial charge < -0.3 is 15.3 Å². The minimum atomic E-state index is -0.741. The molecule has 8 heteroatoms. The molecule has 154 valence electrons. The number of hydrogen-bond acceptors (Lipinski definition) is 6. The van der Waals surface area contributed by atoms with Crippen LogP contribution in [0.25, 0.3) is 33.2 Å². The molecule has 4 aromatic rings. The number of pyridine rings is 2. The number of piperazine rings is 1. The molecule has 0 saturated carbocycles. The van der Waals surface area contributed by atoms with Crippen molar-refractivity contribution in [2.24, 2.45) is 7.05 Å². The summed E-state index contributed by atoms with van der Waals surface area (Å²) in [7, 11) is 1.71. The molecule has 30 heavy (non-hydrogen) atoms. The molecule has 1 aromatic carbocycles. The molecular formula is C22H23FN6O. The summed E-state index contributed by atoms with van der Waals surface area (Å²) in [5.74, 6) is -1.19. The zero-order chi connectivity index (χ0) is 21.0. The average Bonchev–Trinajstić information content (AvgIpc) is 3.10. The van der Waals surface area contributed by atoms with E-state index in [0.717, 1.165) is 24.2 Å². The third-order valence-corrected chi connectivity index (χ3v) is 5.55. The fourth-order valence-electron chi connectivity index (χ4n) is 4.29. The Kier molecular flexibility index (Phi) is 4.32. The summed E-state index contributed by atoms with van der Waals surface area (Å²) in [5, 5.41) is 19.5. The summed E-state index contributed by atoms with van der Waals surface area (Å²) >= 11 is 0. The second-order valence-corrected chi connectivity index (χ2v) is 8.14. The number of aryl methyl sites for hydroxylation is 1. The second kappa shape index (κ2) is 6.91. The number of rotatable bonds is 2. The highest BCUT2D eigenvalue weighted by Crippen LogP contribution is 2.36. The van der Waals surface area contributed by atoms with Crippen LogP contribution < -0.4 is 10.2 Å². The number of nitrogens with one attached hydrogen (secondary N) is 1. The molecule has 0 aliphatic carbocycles. The molecule has 0 spiro atoms. The molecule has 2 unspecified atom stereocenters. The summed E-state index contributed by atoms with van der Waals surface area (Å²) in [6, 6.07) is 8.29. The number of phenolic OH excluding ortho intramolecular Hbond substituents is 1. The number of anilines is 1. The lowest BCUT2D eigenvalue weighted by Crippen LogP contribution is -2.54. The number of fused-ring (bicyclic) bond motifs is 2. The van der Waals surface area contributed by atoms with Gasteiger partial charge in [-0.25, -0.2) is 14.4 Å². The van der Waals surface area contributed by atoms with Crippen molar-refractivity contribution in [2.75, 3.05) is 18.0 Å². The monoisotopic (exact) mass is 406 g/mol. The van der Waals surface area contributed by atoms with Crippen molar-refractivity contribution in [3.05, 3.63) is 42.5 Å². The Bertz CT molecular complexity index is 1260. The van der Waals surface area contributed by atoms with Gasteiger partial charge in [0.2, 0.25) is 0 Å². The van der Waals surface area contributed by atoms with Gasteiger partial charge in [-0.2, -0.15) is 5.10 Å². The van der Waals surface area contributed by atoms with Crippen molar-refractivity contribution < 1.29 is 9.50 Å². The van der Waals surface area contributed by atoms with E-state index < -0.39 is 11.6 Å². The SMILES string of the molecule is CC1CN(c2cnc3nc(-c4cc5cn(C)nc5c(F)c4O)ccc3c2)CC(C)N1. The highest BCUT2D eigenvalue weighted by molar-refractivity contribution is 5.89. The van der Waals surface area contributed by atoms with E-state index in [1.54, 1.807) is 25.4 Å². The van der Waals surface area contributed by atoms with Gasteiger partial charge in [0.1, 0.15) is 5.52 Å². The molecule has 7 nitrogen and oxygen atoms in total. The highest BCUT2D eigenvalue weighted by atomic mass is 19.1. The van der Waals surface area contributed by atoms with Crippen LogP contribution in [-0.2, 0) is 7.05 Å². The fourth-order valence-corrected chi connectivity index (χ4v) is 4.29. The van der Waals surface area contributed by atoms with E-state index in [0.29, 0.717) is 34.4 Å². The molecule has 0 amide bonds. The summed E-state index contributed by atoms with van der Waals surface area (Å²) in [5.41, 5.74) is 2.54. The Morgan fingerprint density at radius 3 is 2.67 bits per heavy atom. The summed E-state index contributed by atoms with van der Waals surface area (Å²) in [6.45, 7) is 6.19. The molecule has 1 saturated heterocycles. The van der Waals surface area contributed by atoms with Gasteiger partial charge in [-0.15, -0.1) is 0 Å². The molecule has 0 bridgehead atoms. The van der Waals surface area contributed by atoms with Crippen molar-refractivity contribution >= 4 is 27.6 Å². The van der Waals surface area contributed by atoms with Crippen LogP contribution in [0.15, 0.2) is 36.7 Å². The smallest absolute Gasteiger partial charge is 0.193 e. The lowest BCUT2D eigenvalue weighted by atomic mass is 10.1. The summed E-state index contributed by atoms with van der Waals surface area (Å²) < 4.78 is 16.1. The number of nitrogens with zero attached hydrogens (tertiary/aromatic N) is 5. The zero-order valence-corrected chi connectivity index (χ0v) is 17.1. The van der Waals surface area contributed by atoms with Gasteiger partial charge in [0, 0.05) is 54.8 Å². The topological polar surface area (TPSA) is 79.1 Å². The largest absolute Gasteiger partial charge is 0.504 e. The normalized spacial score (nSPS) is 19.7. The van der Waals surface area contributed by atoms with Crippen molar-refractivity contribution in [3.63, 3.8) is 0 Å². The Morgan fingerprint density at radius 1 is 1.13 bits per heavy atom. The van der Waals surface area contributed by atoms with Crippen molar-refractivity contribution in [1.82, 2.24) is 25.1 Å². The predicted molar refractivity (Wildman–Crippen MR) is 115 cm³/mol. The van der Waals surface area contributed by atoms with Crippen LogP contribution in [0.4, 0.5) is 10.1 Å². The van der Waals surface area contributed by atoms with Crippen LogP contribution in [0.1, 0.15) is 13.8 Å². The molecular weight excluding hydrogens is 383 g/mol. The minimum Gasteiger partial charge on any atom is -0.504 e. The molecule has 4 heterocycles. The zero-order valence-electron chi connectivity index (χ0n) is 17.1. The van der Waals surface area contributed by atoms with Gasteiger partial charge >= 0.3 is 0 Å². The Hall–Kier alpha value is -3.26. The van der Waals surface area contributed by atoms with Crippen LogP contribution in [-0.4, -0.2) is 50.0 Å². The first-order chi connectivity index (χ1) is 14.4. The van der Waals surface area contributed by atoms with E-state index >= 15 is 0 Å². The van der Waals surface area contributed by atoms with E-state index in [-0.39, 0.29) is 5.52 Å². The van der Waals surface area contributed by atoms with E-state index in [4.69, 9.17) is 0 Å². The van der Waals surface area contributed by atoms with E-state index in [9.17, 15) is 9.50 Å². The molecule has 5 rings (SSSR count).